The maximum Gasteiger partial charge on any atom is 0.501 e. The minimum absolute atomic E-state index is 0.0803. The lowest BCUT2D eigenvalue weighted by atomic mass is 10.1. The van der Waals surface area contributed by atoms with Crippen molar-refractivity contribution in [3.63, 3.8) is 0 Å². The quantitative estimate of drug-likeness (QED) is 0.824. The predicted octanol–water partition coefficient (Wildman–Crippen LogP) is 3.98. The van der Waals surface area contributed by atoms with Gasteiger partial charge in [0.25, 0.3) is 9.84 Å². The van der Waals surface area contributed by atoms with Gasteiger partial charge in [0.2, 0.25) is 0 Å². The number of pyridine rings is 1. The second-order valence-corrected chi connectivity index (χ2v) is 8.24. The Morgan fingerprint density at radius 1 is 1.04 bits per heavy atom. The summed E-state index contributed by atoms with van der Waals surface area (Å²) in [6.45, 7) is 1.93. The molecule has 1 aliphatic heterocycles. The van der Waals surface area contributed by atoms with Gasteiger partial charge in [0, 0.05) is 31.4 Å². The average Bonchev–Trinajstić information content (AvgIpc) is 2.66. The van der Waals surface area contributed by atoms with Crippen molar-refractivity contribution in [1.29, 1.82) is 0 Å². The molecular formula is C18H20F3N3O2S. The molecule has 0 atom stereocenters. The fraction of sp³-hybridized carbons (Fsp3) is 0.389. The van der Waals surface area contributed by atoms with Gasteiger partial charge in [-0.1, -0.05) is 18.2 Å². The van der Waals surface area contributed by atoms with Crippen molar-refractivity contribution >= 4 is 21.3 Å². The van der Waals surface area contributed by atoms with Crippen LogP contribution in [-0.4, -0.2) is 32.0 Å². The third-order valence-corrected chi connectivity index (χ3v) is 6.02. The summed E-state index contributed by atoms with van der Waals surface area (Å²) >= 11 is 0. The molecular weight excluding hydrogens is 379 g/mol. The molecule has 0 amide bonds. The molecule has 27 heavy (non-hydrogen) atoms. The number of nitrogens with zero attached hydrogens (tertiary/aromatic N) is 2. The number of hydrogen-bond donors (Lipinski definition) is 1. The molecule has 3 rings (SSSR count). The van der Waals surface area contributed by atoms with Gasteiger partial charge in [0.05, 0.1) is 10.6 Å². The lowest BCUT2D eigenvalue weighted by molar-refractivity contribution is -0.0435. The van der Waals surface area contributed by atoms with Gasteiger partial charge < -0.3 is 10.2 Å². The van der Waals surface area contributed by atoms with Crippen LogP contribution in [0, 0.1) is 0 Å². The first kappa shape index (κ1) is 19.5. The van der Waals surface area contributed by atoms with E-state index in [1.54, 1.807) is 12.3 Å². The highest BCUT2D eigenvalue weighted by Crippen LogP contribution is 2.34. The minimum Gasteiger partial charge on any atom is -0.380 e. The Balaban J connectivity index is 1.85. The molecule has 146 valence electrons. The van der Waals surface area contributed by atoms with E-state index in [2.05, 4.69) is 15.2 Å². The first-order valence-corrected chi connectivity index (χ1v) is 10.1. The number of rotatable bonds is 5. The van der Waals surface area contributed by atoms with E-state index in [0.29, 0.717) is 0 Å². The Morgan fingerprint density at radius 2 is 1.74 bits per heavy atom. The van der Waals surface area contributed by atoms with Crippen molar-refractivity contribution in [2.24, 2.45) is 0 Å². The molecule has 1 N–H and O–H groups in total. The van der Waals surface area contributed by atoms with Crippen LogP contribution >= 0.6 is 0 Å². The van der Waals surface area contributed by atoms with Crippen LogP contribution in [-0.2, 0) is 16.4 Å². The van der Waals surface area contributed by atoms with Gasteiger partial charge in [-0.25, -0.2) is 13.4 Å². The van der Waals surface area contributed by atoms with Crippen molar-refractivity contribution in [2.75, 3.05) is 23.3 Å². The number of halogens is 3. The molecule has 0 aliphatic carbocycles. The highest BCUT2D eigenvalue weighted by Gasteiger charge is 2.47. The minimum atomic E-state index is -5.43. The van der Waals surface area contributed by atoms with E-state index in [-0.39, 0.29) is 12.2 Å². The zero-order valence-electron chi connectivity index (χ0n) is 14.5. The molecule has 9 heteroatoms. The smallest absolute Gasteiger partial charge is 0.380 e. The molecule has 0 bridgehead atoms. The number of anilines is 2. The molecule has 0 saturated carbocycles. The Bertz CT molecular complexity index is 895. The van der Waals surface area contributed by atoms with Crippen molar-refractivity contribution in [3.05, 3.63) is 48.2 Å². The lowest BCUT2D eigenvalue weighted by Crippen LogP contribution is -2.31. The van der Waals surface area contributed by atoms with Crippen molar-refractivity contribution in [1.82, 2.24) is 4.98 Å². The zero-order chi connectivity index (χ0) is 19.5. The van der Waals surface area contributed by atoms with E-state index >= 15 is 0 Å². The molecule has 1 saturated heterocycles. The van der Waals surface area contributed by atoms with Crippen LogP contribution in [0.4, 0.5) is 24.7 Å². The third-order valence-electron chi connectivity index (χ3n) is 4.47. The summed E-state index contributed by atoms with van der Waals surface area (Å²) in [6, 6.07) is 8.64. The van der Waals surface area contributed by atoms with Crippen LogP contribution < -0.4 is 10.2 Å². The van der Waals surface area contributed by atoms with E-state index in [1.165, 1.54) is 24.6 Å². The monoisotopic (exact) mass is 399 g/mol. The molecule has 1 aromatic heterocycles. The third kappa shape index (κ3) is 4.18. The average molecular weight is 399 g/mol. The highest BCUT2D eigenvalue weighted by atomic mass is 32.2. The second-order valence-electron chi connectivity index (χ2n) is 6.33. The molecule has 0 spiro atoms. The van der Waals surface area contributed by atoms with Crippen LogP contribution in [0.1, 0.15) is 24.8 Å². The number of sulfone groups is 1. The van der Waals surface area contributed by atoms with Crippen LogP contribution in [0.2, 0.25) is 0 Å². The number of nitrogens with one attached hydrogen (secondary N) is 1. The Hall–Kier alpha value is -2.29. The van der Waals surface area contributed by atoms with Gasteiger partial charge in [-0.15, -0.1) is 0 Å². The first-order chi connectivity index (χ1) is 12.8. The Morgan fingerprint density at radius 3 is 2.44 bits per heavy atom. The summed E-state index contributed by atoms with van der Waals surface area (Å²) < 4.78 is 62.4. The van der Waals surface area contributed by atoms with Crippen molar-refractivity contribution < 1.29 is 21.6 Å². The number of aromatic nitrogens is 1. The maximum atomic E-state index is 12.9. The summed E-state index contributed by atoms with van der Waals surface area (Å²) in [5.41, 5.74) is -4.63. The predicted molar refractivity (Wildman–Crippen MR) is 97.3 cm³/mol. The van der Waals surface area contributed by atoms with Crippen LogP contribution in [0.15, 0.2) is 47.5 Å². The number of piperidine rings is 1. The molecule has 2 aromatic rings. The molecule has 1 aromatic carbocycles. The number of alkyl halides is 3. The van der Waals surface area contributed by atoms with Gasteiger partial charge in [-0.05, 0) is 37.5 Å². The van der Waals surface area contributed by atoms with Crippen LogP contribution in [0.25, 0.3) is 0 Å². The number of benzene rings is 1. The van der Waals surface area contributed by atoms with E-state index in [1.807, 2.05) is 6.07 Å². The van der Waals surface area contributed by atoms with E-state index in [0.717, 1.165) is 43.4 Å². The molecule has 5 nitrogen and oxygen atoms in total. The van der Waals surface area contributed by atoms with Gasteiger partial charge in [-0.2, -0.15) is 13.2 Å². The molecule has 0 unspecified atom stereocenters. The number of hydrogen-bond acceptors (Lipinski definition) is 5. The molecule has 2 heterocycles. The highest BCUT2D eigenvalue weighted by molar-refractivity contribution is 7.92. The summed E-state index contributed by atoms with van der Waals surface area (Å²) in [4.78, 5) is 5.79. The summed E-state index contributed by atoms with van der Waals surface area (Å²) in [7, 11) is -5.43. The Kier molecular flexibility index (Phi) is 5.59. The van der Waals surface area contributed by atoms with E-state index in [4.69, 9.17) is 0 Å². The van der Waals surface area contributed by atoms with Gasteiger partial charge in [0.15, 0.2) is 0 Å². The van der Waals surface area contributed by atoms with E-state index < -0.39 is 20.2 Å². The summed E-state index contributed by atoms with van der Waals surface area (Å²) in [5.74, 6) is 0.779. The van der Waals surface area contributed by atoms with Crippen molar-refractivity contribution in [2.45, 2.75) is 36.2 Å². The lowest BCUT2D eigenvalue weighted by Gasteiger charge is -2.29. The standard InChI is InChI=1S/C18H20F3N3O2S/c19-18(20,21)27(25,26)16-9-3-2-8-15(16)23-13-14-7-6-10-22-17(14)24-11-4-1-5-12-24/h2-3,6-10,23H,1,4-5,11-13H2. The first-order valence-electron chi connectivity index (χ1n) is 8.64. The van der Waals surface area contributed by atoms with Gasteiger partial charge >= 0.3 is 5.51 Å². The second kappa shape index (κ2) is 7.75. The maximum absolute atomic E-state index is 12.9. The topological polar surface area (TPSA) is 62.3 Å². The van der Waals surface area contributed by atoms with Crippen LogP contribution in [0.3, 0.4) is 0 Å². The summed E-state index contributed by atoms with van der Waals surface area (Å²) in [6.07, 6.45) is 4.97. The van der Waals surface area contributed by atoms with Crippen molar-refractivity contribution in [3.8, 4) is 0 Å². The van der Waals surface area contributed by atoms with E-state index in [9.17, 15) is 21.6 Å². The summed E-state index contributed by atoms with van der Waals surface area (Å²) in [5, 5.41) is 2.84. The van der Waals surface area contributed by atoms with Gasteiger partial charge in [0.1, 0.15) is 5.82 Å². The Labute approximate surface area is 156 Å². The number of para-hydroxylation sites is 1. The zero-order valence-corrected chi connectivity index (χ0v) is 15.4. The van der Waals surface area contributed by atoms with Gasteiger partial charge in [-0.3, -0.25) is 0 Å². The molecule has 1 aliphatic rings. The molecule has 0 radical (unpaired) electrons. The largest absolute Gasteiger partial charge is 0.501 e. The SMILES string of the molecule is O=S(=O)(c1ccccc1NCc1cccnc1N1CCCCC1)C(F)(F)F. The molecule has 1 fully saturated rings. The normalized spacial score (nSPS) is 15.6. The fourth-order valence-electron chi connectivity index (χ4n) is 3.12. The fourth-order valence-corrected chi connectivity index (χ4v) is 4.06. The van der Waals surface area contributed by atoms with Crippen LogP contribution in [0.5, 0.6) is 0 Å².